The Morgan fingerprint density at radius 1 is 1.43 bits per heavy atom. The summed E-state index contributed by atoms with van der Waals surface area (Å²) in [7, 11) is 0. The molecule has 0 radical (unpaired) electrons. The molecular formula is C8H12F4O2. The van der Waals surface area contributed by atoms with Crippen LogP contribution in [0, 0.1) is 5.92 Å². The van der Waals surface area contributed by atoms with E-state index >= 15 is 0 Å². The highest BCUT2D eigenvalue weighted by Crippen LogP contribution is 2.23. The number of carbonyl (C=O) groups excluding carboxylic acids is 1. The van der Waals surface area contributed by atoms with E-state index in [-0.39, 0.29) is 0 Å². The minimum atomic E-state index is -4.26. The van der Waals surface area contributed by atoms with E-state index in [1.54, 1.807) is 6.92 Å². The molecular weight excluding hydrogens is 204 g/mol. The van der Waals surface area contributed by atoms with Gasteiger partial charge in [-0.25, -0.2) is 8.78 Å². The summed E-state index contributed by atoms with van der Waals surface area (Å²) in [4.78, 5) is 10.8. The Kier molecular flexibility index (Phi) is 4.87. The van der Waals surface area contributed by atoms with Crippen molar-refractivity contribution in [3.05, 3.63) is 0 Å². The molecule has 0 fully saturated rings. The van der Waals surface area contributed by atoms with Crippen molar-refractivity contribution >= 4 is 5.97 Å². The van der Waals surface area contributed by atoms with Crippen LogP contribution in [0.4, 0.5) is 17.6 Å². The Balaban J connectivity index is 4.00. The van der Waals surface area contributed by atoms with E-state index in [1.165, 1.54) is 6.92 Å². The Morgan fingerprint density at radius 3 is 2.29 bits per heavy atom. The van der Waals surface area contributed by atoms with Gasteiger partial charge in [-0.1, -0.05) is 13.8 Å². The van der Waals surface area contributed by atoms with Crippen molar-refractivity contribution in [3.63, 3.8) is 0 Å². The Bertz CT molecular complexity index is 194. The summed E-state index contributed by atoms with van der Waals surface area (Å²) < 4.78 is 51.8. The predicted molar refractivity (Wildman–Crippen MR) is 41.4 cm³/mol. The van der Waals surface area contributed by atoms with Gasteiger partial charge in [0.05, 0.1) is 5.92 Å². The van der Waals surface area contributed by atoms with E-state index in [0.29, 0.717) is 6.42 Å². The van der Waals surface area contributed by atoms with E-state index in [2.05, 4.69) is 4.74 Å². The van der Waals surface area contributed by atoms with E-state index in [4.69, 9.17) is 0 Å². The molecule has 2 nitrogen and oxygen atoms in total. The average molecular weight is 216 g/mol. The lowest BCUT2D eigenvalue weighted by Gasteiger charge is -2.16. The van der Waals surface area contributed by atoms with Crippen molar-refractivity contribution in [3.8, 4) is 0 Å². The van der Waals surface area contributed by atoms with Crippen LogP contribution in [0.2, 0.25) is 0 Å². The molecule has 6 heteroatoms. The van der Waals surface area contributed by atoms with Gasteiger partial charge < -0.3 is 4.74 Å². The van der Waals surface area contributed by atoms with Crippen LogP contribution in [0.5, 0.6) is 0 Å². The van der Waals surface area contributed by atoms with Crippen LogP contribution < -0.4 is 0 Å². The third-order valence-electron chi connectivity index (χ3n) is 1.74. The van der Waals surface area contributed by atoms with Gasteiger partial charge in [-0.2, -0.15) is 8.78 Å². The van der Waals surface area contributed by atoms with Crippen LogP contribution in [0.3, 0.4) is 0 Å². The molecule has 0 aliphatic carbocycles. The largest absolute Gasteiger partial charge is 0.459 e. The topological polar surface area (TPSA) is 26.3 Å². The average Bonchev–Trinajstić information content (AvgIpc) is 2.12. The van der Waals surface area contributed by atoms with E-state index in [9.17, 15) is 22.4 Å². The molecule has 0 N–H and O–H groups in total. The lowest BCUT2D eigenvalue weighted by Crippen LogP contribution is -2.34. The van der Waals surface area contributed by atoms with Crippen molar-refractivity contribution in [2.75, 3.05) is 6.61 Å². The maximum absolute atomic E-state index is 12.2. The third-order valence-corrected chi connectivity index (χ3v) is 1.74. The molecule has 0 aromatic heterocycles. The summed E-state index contributed by atoms with van der Waals surface area (Å²) in [6.07, 6.45) is -3.40. The molecule has 0 aromatic rings. The van der Waals surface area contributed by atoms with Gasteiger partial charge in [-0.15, -0.1) is 0 Å². The van der Waals surface area contributed by atoms with Crippen molar-refractivity contribution in [1.82, 2.24) is 0 Å². The fourth-order valence-electron chi connectivity index (χ4n) is 0.539. The second kappa shape index (κ2) is 5.17. The molecule has 0 heterocycles. The molecule has 0 rings (SSSR count). The molecule has 1 unspecified atom stereocenters. The van der Waals surface area contributed by atoms with Gasteiger partial charge >= 0.3 is 18.3 Å². The highest BCUT2D eigenvalue weighted by atomic mass is 19.3. The number of hydrogen-bond donors (Lipinski definition) is 0. The number of alkyl halides is 4. The zero-order valence-electron chi connectivity index (χ0n) is 7.90. The molecule has 0 aliphatic heterocycles. The summed E-state index contributed by atoms with van der Waals surface area (Å²) in [5.41, 5.74) is 0. The van der Waals surface area contributed by atoms with E-state index < -0.39 is 30.8 Å². The summed E-state index contributed by atoms with van der Waals surface area (Å²) >= 11 is 0. The van der Waals surface area contributed by atoms with Gasteiger partial charge in [0.2, 0.25) is 0 Å². The highest BCUT2D eigenvalue weighted by Gasteiger charge is 2.42. The zero-order chi connectivity index (χ0) is 11.4. The molecule has 0 bridgehead atoms. The molecule has 84 valence electrons. The molecule has 0 saturated carbocycles. The normalized spacial score (nSPS) is 14.2. The van der Waals surface area contributed by atoms with Crippen LogP contribution in [0.1, 0.15) is 20.3 Å². The molecule has 0 spiro atoms. The molecule has 0 aromatic carbocycles. The van der Waals surface area contributed by atoms with Gasteiger partial charge in [0, 0.05) is 0 Å². The van der Waals surface area contributed by atoms with Gasteiger partial charge in [0.15, 0.2) is 6.61 Å². The first kappa shape index (κ1) is 13.2. The third kappa shape index (κ3) is 3.93. The van der Waals surface area contributed by atoms with Crippen molar-refractivity contribution < 1.29 is 27.1 Å². The zero-order valence-corrected chi connectivity index (χ0v) is 7.90. The summed E-state index contributed by atoms with van der Waals surface area (Å²) in [6.45, 7) is 1.58. The first-order valence-electron chi connectivity index (χ1n) is 4.13. The molecule has 1 atom stereocenters. The standard InChI is InChI=1S/C8H12F4O2/c1-3-5(2)6(13)14-4-8(11,12)7(9)10/h5,7H,3-4H2,1-2H3. The lowest BCUT2D eigenvalue weighted by molar-refractivity contribution is -0.182. The summed E-state index contributed by atoms with van der Waals surface area (Å²) in [5.74, 6) is -5.69. The second-order valence-corrected chi connectivity index (χ2v) is 2.98. The molecule has 14 heavy (non-hydrogen) atoms. The molecule has 0 aliphatic rings. The number of ether oxygens (including phenoxy) is 1. The number of carbonyl (C=O) groups is 1. The van der Waals surface area contributed by atoms with Crippen LogP contribution in [0.15, 0.2) is 0 Å². The van der Waals surface area contributed by atoms with Crippen molar-refractivity contribution in [1.29, 1.82) is 0 Å². The van der Waals surface area contributed by atoms with Gasteiger partial charge in [-0.3, -0.25) is 4.79 Å². The van der Waals surface area contributed by atoms with Crippen LogP contribution in [-0.2, 0) is 9.53 Å². The minimum absolute atomic E-state index is 0.416. The first-order valence-corrected chi connectivity index (χ1v) is 4.13. The summed E-state index contributed by atoms with van der Waals surface area (Å²) in [6, 6.07) is 0. The second-order valence-electron chi connectivity index (χ2n) is 2.98. The fraction of sp³-hybridized carbons (Fsp3) is 0.875. The Labute approximate surface area is 79.2 Å². The number of hydrogen-bond acceptors (Lipinski definition) is 2. The van der Waals surface area contributed by atoms with Crippen LogP contribution >= 0.6 is 0 Å². The summed E-state index contributed by atoms with van der Waals surface area (Å²) in [5, 5.41) is 0. The molecule has 0 saturated heterocycles. The monoisotopic (exact) mass is 216 g/mol. The molecule has 0 amide bonds. The quantitative estimate of drug-likeness (QED) is 0.521. The smallest absolute Gasteiger partial charge is 0.340 e. The highest BCUT2D eigenvalue weighted by molar-refractivity contribution is 5.71. The maximum Gasteiger partial charge on any atom is 0.340 e. The van der Waals surface area contributed by atoms with Crippen LogP contribution in [0.25, 0.3) is 0 Å². The van der Waals surface area contributed by atoms with Gasteiger partial charge in [0.1, 0.15) is 0 Å². The maximum atomic E-state index is 12.2. The predicted octanol–water partition coefficient (Wildman–Crippen LogP) is 2.48. The Morgan fingerprint density at radius 2 is 1.93 bits per heavy atom. The van der Waals surface area contributed by atoms with Gasteiger partial charge in [-0.05, 0) is 6.42 Å². The van der Waals surface area contributed by atoms with Crippen molar-refractivity contribution in [2.24, 2.45) is 5.92 Å². The van der Waals surface area contributed by atoms with E-state index in [0.717, 1.165) is 0 Å². The number of rotatable bonds is 5. The van der Waals surface area contributed by atoms with E-state index in [1.807, 2.05) is 0 Å². The van der Waals surface area contributed by atoms with Crippen LogP contribution in [-0.4, -0.2) is 24.9 Å². The SMILES string of the molecule is CCC(C)C(=O)OCC(F)(F)C(F)F. The number of halogens is 4. The van der Waals surface area contributed by atoms with Gasteiger partial charge in [0.25, 0.3) is 0 Å². The lowest BCUT2D eigenvalue weighted by atomic mass is 10.1. The number of esters is 1. The fourth-order valence-corrected chi connectivity index (χ4v) is 0.539. The minimum Gasteiger partial charge on any atom is -0.459 e. The van der Waals surface area contributed by atoms with Crippen molar-refractivity contribution in [2.45, 2.75) is 32.6 Å². The Hall–Kier alpha value is -0.810. The first-order chi connectivity index (χ1) is 6.31.